The van der Waals surface area contributed by atoms with Gasteiger partial charge in [0.25, 0.3) is 0 Å². The molecule has 2 unspecified atom stereocenters. The first-order chi connectivity index (χ1) is 5.89. The summed E-state index contributed by atoms with van der Waals surface area (Å²) in [5.41, 5.74) is 5.05. The quantitative estimate of drug-likeness (QED) is 0.741. The molecule has 0 radical (unpaired) electrons. The third kappa shape index (κ3) is 5.95. The van der Waals surface area contributed by atoms with Gasteiger partial charge in [-0.05, 0) is 25.0 Å². The maximum Gasteiger partial charge on any atom is 0.102 e. The van der Waals surface area contributed by atoms with Gasteiger partial charge in [0, 0.05) is 5.25 Å². The molecule has 3 heteroatoms. The Balaban J connectivity index is 3.64. The molecule has 0 aromatic carbocycles. The Kier molecular flexibility index (Phi) is 5.43. The molecule has 2 atom stereocenters. The third-order valence-electron chi connectivity index (χ3n) is 2.20. The summed E-state index contributed by atoms with van der Waals surface area (Å²) in [5, 5.41) is 9.33. The molecule has 0 saturated carbocycles. The van der Waals surface area contributed by atoms with E-state index in [-0.39, 0.29) is 0 Å². The molecule has 0 amide bonds. The minimum atomic E-state index is -0.649. The Morgan fingerprint density at radius 2 is 2.00 bits per heavy atom. The van der Waals surface area contributed by atoms with Gasteiger partial charge in [0.05, 0.1) is 6.07 Å². The number of hydrogen-bond acceptors (Lipinski definition) is 3. The van der Waals surface area contributed by atoms with Crippen LogP contribution >= 0.6 is 11.8 Å². The average molecular weight is 200 g/mol. The monoisotopic (exact) mass is 200 g/mol. The number of nitrogens with two attached hydrogens (primary N) is 1. The maximum absolute atomic E-state index is 8.68. The van der Waals surface area contributed by atoms with Crippen LogP contribution in [0.2, 0.25) is 0 Å². The van der Waals surface area contributed by atoms with Crippen LogP contribution in [0.3, 0.4) is 0 Å². The lowest BCUT2D eigenvalue weighted by Gasteiger charge is -2.18. The van der Waals surface area contributed by atoms with Crippen molar-refractivity contribution < 1.29 is 0 Å². The molecule has 0 fully saturated rings. The first-order valence-corrected chi connectivity index (χ1v) is 5.75. The number of nitriles is 1. The number of thioether (sulfide) groups is 1. The molecule has 76 valence electrons. The fourth-order valence-electron chi connectivity index (χ4n) is 0.705. The third-order valence-corrected chi connectivity index (χ3v) is 3.71. The van der Waals surface area contributed by atoms with Crippen LogP contribution in [0.15, 0.2) is 0 Å². The predicted molar refractivity (Wildman–Crippen MR) is 59.6 cm³/mol. The summed E-state index contributed by atoms with van der Waals surface area (Å²) in [4.78, 5) is 0. The Morgan fingerprint density at radius 1 is 1.46 bits per heavy atom. The molecule has 2 nitrogen and oxygen atoms in total. The second-order valence-corrected chi connectivity index (χ2v) is 5.58. The van der Waals surface area contributed by atoms with Crippen LogP contribution in [0, 0.1) is 17.2 Å². The fourth-order valence-corrected chi connectivity index (χ4v) is 2.00. The summed E-state index contributed by atoms with van der Waals surface area (Å²) < 4.78 is 0. The first kappa shape index (κ1) is 12.8. The fraction of sp³-hybridized carbons (Fsp3) is 0.900. The van der Waals surface area contributed by atoms with Crippen molar-refractivity contribution in [1.29, 1.82) is 5.26 Å². The van der Waals surface area contributed by atoms with Crippen molar-refractivity contribution in [2.24, 2.45) is 11.7 Å². The van der Waals surface area contributed by atoms with Gasteiger partial charge < -0.3 is 5.73 Å². The smallest absolute Gasteiger partial charge is 0.102 e. The normalized spacial score (nSPS) is 17.9. The van der Waals surface area contributed by atoms with Gasteiger partial charge in [-0.25, -0.2) is 0 Å². The summed E-state index contributed by atoms with van der Waals surface area (Å²) in [7, 11) is 0. The van der Waals surface area contributed by atoms with Crippen LogP contribution in [0.4, 0.5) is 0 Å². The lowest BCUT2D eigenvalue weighted by molar-refractivity contribution is 0.580. The highest BCUT2D eigenvalue weighted by molar-refractivity contribution is 7.99. The molecule has 0 rings (SSSR count). The lowest BCUT2D eigenvalue weighted by Crippen LogP contribution is -2.34. The standard InChI is InChI=1S/C10H20N2S/c1-8(2)9(3)13-6-5-10(4,12)7-11/h8-9H,5-6,12H2,1-4H3. The topological polar surface area (TPSA) is 49.8 Å². The van der Waals surface area contributed by atoms with Crippen molar-refractivity contribution in [1.82, 2.24) is 0 Å². The first-order valence-electron chi connectivity index (χ1n) is 4.71. The van der Waals surface area contributed by atoms with Gasteiger partial charge in [0.15, 0.2) is 0 Å². The Morgan fingerprint density at radius 3 is 2.38 bits per heavy atom. The van der Waals surface area contributed by atoms with E-state index in [0.29, 0.717) is 11.2 Å². The van der Waals surface area contributed by atoms with E-state index in [4.69, 9.17) is 11.0 Å². The van der Waals surface area contributed by atoms with Crippen molar-refractivity contribution in [3.8, 4) is 6.07 Å². The van der Waals surface area contributed by atoms with Crippen LogP contribution in [-0.2, 0) is 0 Å². The van der Waals surface area contributed by atoms with Gasteiger partial charge in [-0.15, -0.1) is 0 Å². The van der Waals surface area contributed by atoms with E-state index in [2.05, 4.69) is 26.8 Å². The van der Waals surface area contributed by atoms with Crippen LogP contribution in [-0.4, -0.2) is 16.5 Å². The molecule has 0 aromatic rings. The van der Waals surface area contributed by atoms with Crippen molar-refractivity contribution in [3.63, 3.8) is 0 Å². The van der Waals surface area contributed by atoms with Gasteiger partial charge in [-0.3, -0.25) is 0 Å². The highest BCUT2D eigenvalue weighted by Crippen LogP contribution is 2.21. The molecular formula is C10H20N2S. The Labute approximate surface area is 85.9 Å². The zero-order valence-electron chi connectivity index (χ0n) is 9.00. The van der Waals surface area contributed by atoms with Crippen LogP contribution in [0.5, 0.6) is 0 Å². The molecule has 13 heavy (non-hydrogen) atoms. The van der Waals surface area contributed by atoms with E-state index in [1.54, 1.807) is 6.92 Å². The van der Waals surface area contributed by atoms with Gasteiger partial charge in [0.1, 0.15) is 5.54 Å². The summed E-state index contributed by atoms with van der Waals surface area (Å²) in [6.07, 6.45) is 0.769. The largest absolute Gasteiger partial charge is 0.314 e. The zero-order valence-corrected chi connectivity index (χ0v) is 9.82. The minimum Gasteiger partial charge on any atom is -0.314 e. The summed E-state index contributed by atoms with van der Waals surface area (Å²) in [6, 6.07) is 2.11. The van der Waals surface area contributed by atoms with Crippen molar-refractivity contribution in [3.05, 3.63) is 0 Å². The second-order valence-electron chi connectivity index (χ2n) is 4.10. The van der Waals surface area contributed by atoms with Crippen LogP contribution in [0.25, 0.3) is 0 Å². The molecule has 0 saturated heterocycles. The van der Waals surface area contributed by atoms with E-state index in [1.807, 2.05) is 11.8 Å². The van der Waals surface area contributed by atoms with Crippen molar-refractivity contribution >= 4 is 11.8 Å². The van der Waals surface area contributed by atoms with Gasteiger partial charge >= 0.3 is 0 Å². The van der Waals surface area contributed by atoms with E-state index < -0.39 is 5.54 Å². The Bertz CT molecular complexity index is 182. The van der Waals surface area contributed by atoms with Crippen LogP contribution in [0.1, 0.15) is 34.1 Å². The highest BCUT2D eigenvalue weighted by atomic mass is 32.2. The maximum atomic E-state index is 8.68. The molecule has 0 aliphatic rings. The molecule has 0 aliphatic carbocycles. The van der Waals surface area contributed by atoms with E-state index in [0.717, 1.165) is 12.2 Å². The number of nitrogens with zero attached hydrogens (tertiary/aromatic N) is 1. The zero-order chi connectivity index (χ0) is 10.5. The van der Waals surface area contributed by atoms with Gasteiger partial charge in [-0.2, -0.15) is 17.0 Å². The van der Waals surface area contributed by atoms with E-state index in [9.17, 15) is 0 Å². The van der Waals surface area contributed by atoms with Gasteiger partial charge in [-0.1, -0.05) is 20.8 Å². The van der Waals surface area contributed by atoms with Crippen molar-refractivity contribution in [2.75, 3.05) is 5.75 Å². The molecule has 2 N–H and O–H groups in total. The molecular weight excluding hydrogens is 180 g/mol. The molecule has 0 aliphatic heterocycles. The van der Waals surface area contributed by atoms with Crippen molar-refractivity contribution in [2.45, 2.75) is 44.9 Å². The number of rotatable bonds is 5. The molecule has 0 spiro atoms. The highest BCUT2D eigenvalue weighted by Gasteiger charge is 2.17. The van der Waals surface area contributed by atoms with Crippen LogP contribution < -0.4 is 5.73 Å². The van der Waals surface area contributed by atoms with E-state index >= 15 is 0 Å². The number of hydrogen-bond donors (Lipinski definition) is 1. The predicted octanol–water partition coefficient (Wildman–Crippen LogP) is 2.40. The van der Waals surface area contributed by atoms with E-state index in [1.165, 1.54) is 0 Å². The molecule has 0 heterocycles. The SMILES string of the molecule is CC(C)C(C)SCCC(C)(N)C#N. The van der Waals surface area contributed by atoms with Gasteiger partial charge in [0.2, 0.25) is 0 Å². The average Bonchev–Trinajstić information content (AvgIpc) is 2.04. The molecule has 0 bridgehead atoms. The molecule has 0 aromatic heterocycles. The lowest BCUT2D eigenvalue weighted by atomic mass is 10.0. The summed E-state index contributed by atoms with van der Waals surface area (Å²) >= 11 is 1.90. The Hall–Kier alpha value is -0.200. The second kappa shape index (κ2) is 5.51. The summed E-state index contributed by atoms with van der Waals surface area (Å²) in [6.45, 7) is 8.43. The summed E-state index contributed by atoms with van der Waals surface area (Å²) in [5.74, 6) is 1.66. The minimum absolute atomic E-state index is 0.648.